The molecule has 3 rings (SSSR count). The summed E-state index contributed by atoms with van der Waals surface area (Å²) in [6, 6.07) is 17.4. The smallest absolute Gasteiger partial charge is 0.264 e. The zero-order valence-electron chi connectivity index (χ0n) is 19.8. The highest BCUT2D eigenvalue weighted by atomic mass is 35.5. The average Bonchev–Trinajstić information content (AvgIpc) is 2.82. The molecular weight excluding hydrogens is 526 g/mol. The second-order valence-corrected chi connectivity index (χ2v) is 12.0. The fraction of sp³-hybridized carbons (Fsp3) is 0.208. The van der Waals surface area contributed by atoms with E-state index in [0.29, 0.717) is 5.02 Å². The monoisotopic (exact) mass is 551 g/mol. The Bertz CT molecular complexity index is 1430. The molecule has 2 N–H and O–H groups in total. The maximum atomic E-state index is 13.4. The van der Waals surface area contributed by atoms with E-state index in [2.05, 4.69) is 10.0 Å². The molecule has 0 saturated carbocycles. The second kappa shape index (κ2) is 11.3. The molecular formula is C24H26ClN3O6S2. The summed E-state index contributed by atoms with van der Waals surface area (Å²) >= 11 is 5.90. The van der Waals surface area contributed by atoms with Crippen LogP contribution in [0.15, 0.2) is 82.6 Å². The molecule has 0 radical (unpaired) electrons. The van der Waals surface area contributed by atoms with Gasteiger partial charge in [-0.3, -0.25) is 9.10 Å². The lowest BCUT2D eigenvalue weighted by Crippen LogP contribution is -2.38. The summed E-state index contributed by atoms with van der Waals surface area (Å²) in [6.45, 7) is 2.78. The number of amides is 1. The number of carbonyl (C=O) groups excluding carboxylic acids is 1. The van der Waals surface area contributed by atoms with E-state index in [9.17, 15) is 21.6 Å². The molecule has 192 valence electrons. The molecule has 1 amide bonds. The van der Waals surface area contributed by atoms with Crippen molar-refractivity contribution in [1.29, 1.82) is 0 Å². The molecule has 0 spiro atoms. The SMILES string of the molecule is COc1ccc(S(=O)(=O)NC(C)C)cc1NC(=O)CN(c1ccccc1)S(=O)(=O)c1ccc(Cl)cc1. The minimum Gasteiger partial charge on any atom is -0.495 e. The van der Waals surface area contributed by atoms with E-state index < -0.39 is 32.5 Å². The first-order valence-corrected chi connectivity index (χ1v) is 14.1. The number of sulfonamides is 2. The number of carbonyl (C=O) groups is 1. The Hall–Kier alpha value is -3.12. The Labute approximate surface area is 216 Å². The molecule has 0 atom stereocenters. The molecule has 0 aliphatic heterocycles. The van der Waals surface area contributed by atoms with E-state index in [1.807, 2.05) is 0 Å². The third-order valence-electron chi connectivity index (χ3n) is 4.88. The van der Waals surface area contributed by atoms with Crippen molar-refractivity contribution in [3.63, 3.8) is 0 Å². The summed E-state index contributed by atoms with van der Waals surface area (Å²) in [5.74, 6) is -0.500. The molecule has 0 aliphatic rings. The molecule has 3 aromatic rings. The van der Waals surface area contributed by atoms with Crippen LogP contribution in [-0.4, -0.2) is 42.4 Å². The average molecular weight is 552 g/mol. The number of hydrogen-bond donors (Lipinski definition) is 2. The lowest BCUT2D eigenvalue weighted by atomic mass is 10.3. The quantitative estimate of drug-likeness (QED) is 0.394. The van der Waals surface area contributed by atoms with Crippen molar-refractivity contribution >= 4 is 48.9 Å². The van der Waals surface area contributed by atoms with E-state index in [1.165, 1.54) is 49.6 Å². The Morgan fingerprint density at radius 3 is 2.14 bits per heavy atom. The van der Waals surface area contributed by atoms with E-state index in [0.717, 1.165) is 4.31 Å². The van der Waals surface area contributed by atoms with Crippen molar-refractivity contribution in [3.05, 3.63) is 77.8 Å². The van der Waals surface area contributed by atoms with Crippen LogP contribution in [0.5, 0.6) is 5.75 Å². The van der Waals surface area contributed by atoms with Crippen molar-refractivity contribution in [2.45, 2.75) is 29.7 Å². The number of nitrogens with one attached hydrogen (secondary N) is 2. The molecule has 0 saturated heterocycles. The van der Waals surface area contributed by atoms with Gasteiger partial charge in [0.1, 0.15) is 12.3 Å². The number of methoxy groups -OCH3 is 1. The van der Waals surface area contributed by atoms with Crippen molar-refractivity contribution < 1.29 is 26.4 Å². The minimum atomic E-state index is -4.14. The summed E-state index contributed by atoms with van der Waals surface area (Å²) in [5.41, 5.74) is 0.345. The molecule has 36 heavy (non-hydrogen) atoms. The standard InChI is InChI=1S/C24H26ClN3O6S2/c1-17(2)27-35(30,31)21-13-14-23(34-3)22(15-21)26-24(29)16-28(19-7-5-4-6-8-19)36(32,33)20-11-9-18(25)10-12-20/h4-15,17,27H,16H2,1-3H3,(H,26,29). The number of hydrogen-bond acceptors (Lipinski definition) is 6. The van der Waals surface area contributed by atoms with Gasteiger partial charge in [-0.2, -0.15) is 0 Å². The molecule has 0 unspecified atom stereocenters. The minimum absolute atomic E-state index is 0.0472. The van der Waals surface area contributed by atoms with Crippen LogP contribution in [0.1, 0.15) is 13.8 Å². The first-order valence-electron chi connectivity index (χ1n) is 10.8. The fourth-order valence-corrected chi connectivity index (χ4v) is 6.12. The van der Waals surface area contributed by atoms with Gasteiger partial charge in [-0.1, -0.05) is 29.8 Å². The van der Waals surface area contributed by atoms with Gasteiger partial charge in [-0.15, -0.1) is 0 Å². The fourth-order valence-electron chi connectivity index (χ4n) is 3.29. The van der Waals surface area contributed by atoms with E-state index in [-0.39, 0.29) is 33.0 Å². The lowest BCUT2D eigenvalue weighted by molar-refractivity contribution is -0.114. The number of benzene rings is 3. The highest BCUT2D eigenvalue weighted by molar-refractivity contribution is 7.92. The highest BCUT2D eigenvalue weighted by Crippen LogP contribution is 2.29. The summed E-state index contributed by atoms with van der Waals surface area (Å²) < 4.78 is 60.7. The Morgan fingerprint density at radius 1 is 0.944 bits per heavy atom. The van der Waals surface area contributed by atoms with Crippen molar-refractivity contribution in [3.8, 4) is 5.75 Å². The third kappa shape index (κ3) is 6.55. The van der Waals surface area contributed by atoms with Crippen LogP contribution in [0.3, 0.4) is 0 Å². The summed E-state index contributed by atoms with van der Waals surface area (Å²) in [6.07, 6.45) is 0. The van der Waals surface area contributed by atoms with Gasteiger partial charge in [0.2, 0.25) is 15.9 Å². The van der Waals surface area contributed by atoms with Gasteiger partial charge in [0.25, 0.3) is 10.0 Å². The first-order chi connectivity index (χ1) is 16.9. The van der Waals surface area contributed by atoms with Gasteiger partial charge < -0.3 is 10.1 Å². The summed E-state index contributed by atoms with van der Waals surface area (Å²) in [7, 11) is -6.62. The molecule has 3 aromatic carbocycles. The number of para-hydroxylation sites is 1. The van der Waals surface area contributed by atoms with E-state index >= 15 is 0 Å². The molecule has 0 aliphatic carbocycles. The maximum Gasteiger partial charge on any atom is 0.264 e. The number of nitrogens with zero attached hydrogens (tertiary/aromatic N) is 1. The Morgan fingerprint density at radius 2 is 1.56 bits per heavy atom. The molecule has 0 bridgehead atoms. The van der Waals surface area contributed by atoms with Gasteiger partial charge >= 0.3 is 0 Å². The lowest BCUT2D eigenvalue weighted by Gasteiger charge is -2.24. The third-order valence-corrected chi connectivity index (χ3v) is 8.58. The largest absolute Gasteiger partial charge is 0.495 e. The predicted molar refractivity (Wildman–Crippen MR) is 140 cm³/mol. The Kier molecular flexibility index (Phi) is 8.62. The number of halogens is 1. The Balaban J connectivity index is 1.95. The zero-order valence-corrected chi connectivity index (χ0v) is 22.2. The van der Waals surface area contributed by atoms with Gasteiger partial charge in [0.05, 0.1) is 28.3 Å². The molecule has 0 heterocycles. The second-order valence-electron chi connectivity index (χ2n) is 7.99. The van der Waals surface area contributed by atoms with E-state index in [1.54, 1.807) is 44.2 Å². The molecule has 9 nitrogen and oxygen atoms in total. The normalized spacial score (nSPS) is 11.8. The van der Waals surface area contributed by atoms with Crippen LogP contribution in [-0.2, 0) is 24.8 Å². The van der Waals surface area contributed by atoms with Gasteiger partial charge in [-0.25, -0.2) is 21.6 Å². The number of ether oxygens (including phenoxy) is 1. The molecule has 0 fully saturated rings. The van der Waals surface area contributed by atoms with Crippen LogP contribution in [0.25, 0.3) is 0 Å². The number of rotatable bonds is 10. The van der Waals surface area contributed by atoms with Gasteiger partial charge in [0, 0.05) is 11.1 Å². The van der Waals surface area contributed by atoms with Crippen molar-refractivity contribution in [2.75, 3.05) is 23.3 Å². The van der Waals surface area contributed by atoms with E-state index in [4.69, 9.17) is 16.3 Å². The zero-order chi connectivity index (χ0) is 26.5. The first kappa shape index (κ1) is 27.5. The molecule has 12 heteroatoms. The topological polar surface area (TPSA) is 122 Å². The van der Waals surface area contributed by atoms with Crippen LogP contribution in [0, 0.1) is 0 Å². The highest BCUT2D eigenvalue weighted by Gasteiger charge is 2.28. The number of anilines is 2. The predicted octanol–water partition coefficient (Wildman–Crippen LogP) is 3.87. The van der Waals surface area contributed by atoms with Gasteiger partial charge in [-0.05, 0) is 68.4 Å². The molecule has 0 aromatic heterocycles. The summed E-state index contributed by atoms with van der Waals surface area (Å²) in [5, 5.41) is 2.94. The van der Waals surface area contributed by atoms with Crippen LogP contribution in [0.2, 0.25) is 5.02 Å². The van der Waals surface area contributed by atoms with Crippen molar-refractivity contribution in [2.24, 2.45) is 0 Å². The summed E-state index contributed by atoms with van der Waals surface area (Å²) in [4.78, 5) is 12.9. The van der Waals surface area contributed by atoms with Crippen LogP contribution >= 0.6 is 11.6 Å². The van der Waals surface area contributed by atoms with Gasteiger partial charge in [0.15, 0.2) is 0 Å². The van der Waals surface area contributed by atoms with Crippen molar-refractivity contribution in [1.82, 2.24) is 4.72 Å². The maximum absolute atomic E-state index is 13.4. The van der Waals surface area contributed by atoms with Crippen LogP contribution < -0.4 is 19.1 Å². The van der Waals surface area contributed by atoms with Crippen LogP contribution in [0.4, 0.5) is 11.4 Å².